The zero-order valence-electron chi connectivity index (χ0n) is 9.98. The van der Waals surface area contributed by atoms with Crippen molar-refractivity contribution in [3.63, 3.8) is 0 Å². The highest BCUT2D eigenvalue weighted by Crippen LogP contribution is 2.15. The van der Waals surface area contributed by atoms with Crippen molar-refractivity contribution in [1.82, 2.24) is 4.90 Å². The van der Waals surface area contributed by atoms with Crippen molar-refractivity contribution in [1.29, 1.82) is 0 Å². The van der Waals surface area contributed by atoms with Crippen molar-refractivity contribution in [3.05, 3.63) is 35.4 Å². The minimum atomic E-state index is -1.27. The summed E-state index contributed by atoms with van der Waals surface area (Å²) in [6.45, 7) is 1.59. The van der Waals surface area contributed by atoms with Crippen molar-refractivity contribution >= 4 is 11.9 Å². The molecule has 4 nitrogen and oxygen atoms in total. The second-order valence-corrected chi connectivity index (χ2v) is 3.78. The standard InChI is InChI=1S/C12H13F2NO3/c1-3-9(12(17)18)15(2)11(16)7-5-4-6-8(13)10(7)14/h4-6,9H,3H2,1-2H3,(H,17,18). The van der Waals surface area contributed by atoms with Gasteiger partial charge in [-0.1, -0.05) is 13.0 Å². The van der Waals surface area contributed by atoms with Crippen molar-refractivity contribution in [3.8, 4) is 0 Å². The molecular weight excluding hydrogens is 244 g/mol. The van der Waals surface area contributed by atoms with Crippen LogP contribution >= 0.6 is 0 Å². The van der Waals surface area contributed by atoms with Crippen LogP contribution in [0.25, 0.3) is 0 Å². The topological polar surface area (TPSA) is 57.6 Å². The number of likely N-dealkylation sites (N-methyl/N-ethyl adjacent to an activating group) is 1. The Kier molecular flexibility index (Phi) is 4.36. The van der Waals surface area contributed by atoms with Gasteiger partial charge < -0.3 is 10.0 Å². The summed E-state index contributed by atoms with van der Waals surface area (Å²) >= 11 is 0. The molecule has 98 valence electrons. The number of nitrogens with zero attached hydrogens (tertiary/aromatic N) is 1. The van der Waals surface area contributed by atoms with Crippen LogP contribution in [-0.2, 0) is 4.79 Å². The normalized spacial score (nSPS) is 12.0. The Morgan fingerprint density at radius 2 is 2.00 bits per heavy atom. The van der Waals surface area contributed by atoms with Crippen molar-refractivity contribution in [2.24, 2.45) is 0 Å². The SMILES string of the molecule is CCC(C(=O)O)N(C)C(=O)c1cccc(F)c1F. The van der Waals surface area contributed by atoms with Crippen LogP contribution < -0.4 is 0 Å². The summed E-state index contributed by atoms with van der Waals surface area (Å²) in [5, 5.41) is 8.90. The van der Waals surface area contributed by atoms with E-state index < -0.39 is 35.1 Å². The molecule has 0 saturated heterocycles. The summed E-state index contributed by atoms with van der Waals surface area (Å²) in [4.78, 5) is 23.7. The van der Waals surface area contributed by atoms with Gasteiger partial charge in [0.1, 0.15) is 6.04 Å². The summed E-state index contributed by atoms with van der Waals surface area (Å²) in [5.74, 6) is -4.46. The lowest BCUT2D eigenvalue weighted by Crippen LogP contribution is -2.42. The number of halogens is 2. The maximum atomic E-state index is 13.4. The number of carboxylic acids is 1. The molecule has 1 amide bonds. The predicted octanol–water partition coefficient (Wildman–Crippen LogP) is 1.90. The zero-order valence-corrected chi connectivity index (χ0v) is 9.98. The molecule has 0 spiro atoms. The molecule has 1 N–H and O–H groups in total. The van der Waals surface area contributed by atoms with Crippen LogP contribution in [0.3, 0.4) is 0 Å². The molecule has 0 radical (unpaired) electrons. The van der Waals surface area contributed by atoms with E-state index in [1.54, 1.807) is 6.92 Å². The molecule has 1 unspecified atom stereocenters. The number of carbonyl (C=O) groups is 2. The van der Waals surface area contributed by atoms with Gasteiger partial charge in [0.2, 0.25) is 0 Å². The molecule has 0 aromatic heterocycles. The summed E-state index contributed by atoms with van der Waals surface area (Å²) in [5.41, 5.74) is -0.475. The van der Waals surface area contributed by atoms with E-state index in [-0.39, 0.29) is 6.42 Å². The Morgan fingerprint density at radius 1 is 1.39 bits per heavy atom. The van der Waals surface area contributed by atoms with Gasteiger partial charge in [0.25, 0.3) is 5.91 Å². The zero-order chi connectivity index (χ0) is 13.9. The number of carboxylic acid groups (broad SMARTS) is 1. The largest absolute Gasteiger partial charge is 0.480 e. The molecule has 0 aliphatic heterocycles. The fourth-order valence-electron chi connectivity index (χ4n) is 1.61. The lowest BCUT2D eigenvalue weighted by atomic mass is 10.1. The first-order valence-corrected chi connectivity index (χ1v) is 5.34. The van der Waals surface area contributed by atoms with E-state index in [0.29, 0.717) is 0 Å². The van der Waals surface area contributed by atoms with E-state index in [1.807, 2.05) is 0 Å². The Hall–Kier alpha value is -1.98. The molecule has 0 fully saturated rings. The third-order valence-electron chi connectivity index (χ3n) is 2.64. The number of carbonyl (C=O) groups excluding carboxylic acids is 1. The molecule has 0 aliphatic carbocycles. The van der Waals surface area contributed by atoms with Crippen LogP contribution in [0, 0.1) is 11.6 Å². The highest BCUT2D eigenvalue weighted by molar-refractivity contribution is 5.96. The summed E-state index contributed by atoms with van der Waals surface area (Å²) in [6, 6.07) is 2.13. The minimum Gasteiger partial charge on any atom is -0.480 e. The van der Waals surface area contributed by atoms with Gasteiger partial charge >= 0.3 is 5.97 Å². The van der Waals surface area contributed by atoms with Gasteiger partial charge in [-0.2, -0.15) is 0 Å². The van der Waals surface area contributed by atoms with Crippen LogP contribution in [0.4, 0.5) is 8.78 Å². The summed E-state index contributed by atoms with van der Waals surface area (Å²) in [7, 11) is 1.25. The van der Waals surface area contributed by atoms with Gasteiger partial charge in [0, 0.05) is 7.05 Å². The van der Waals surface area contributed by atoms with Crippen LogP contribution in [-0.4, -0.2) is 35.0 Å². The molecule has 1 atom stereocenters. The van der Waals surface area contributed by atoms with Crippen LogP contribution in [0.1, 0.15) is 23.7 Å². The predicted molar refractivity (Wildman–Crippen MR) is 60.2 cm³/mol. The van der Waals surface area contributed by atoms with Crippen LogP contribution in [0.5, 0.6) is 0 Å². The molecule has 6 heteroatoms. The van der Waals surface area contributed by atoms with E-state index >= 15 is 0 Å². The molecule has 1 aromatic rings. The highest BCUT2D eigenvalue weighted by atomic mass is 19.2. The quantitative estimate of drug-likeness (QED) is 0.896. The van der Waals surface area contributed by atoms with Crippen LogP contribution in [0.2, 0.25) is 0 Å². The Morgan fingerprint density at radius 3 is 2.50 bits per heavy atom. The third-order valence-corrected chi connectivity index (χ3v) is 2.64. The van der Waals surface area contributed by atoms with Gasteiger partial charge in [0.05, 0.1) is 5.56 Å². The number of hydrogen-bond acceptors (Lipinski definition) is 2. The monoisotopic (exact) mass is 257 g/mol. The second-order valence-electron chi connectivity index (χ2n) is 3.78. The third kappa shape index (κ3) is 2.64. The Bertz CT molecular complexity index is 476. The lowest BCUT2D eigenvalue weighted by Gasteiger charge is -2.23. The minimum absolute atomic E-state index is 0.175. The average molecular weight is 257 g/mol. The van der Waals surface area contributed by atoms with Gasteiger partial charge in [-0.25, -0.2) is 13.6 Å². The van der Waals surface area contributed by atoms with Gasteiger partial charge in [0.15, 0.2) is 11.6 Å². The summed E-state index contributed by atoms with van der Waals surface area (Å²) in [6.07, 6.45) is 0.175. The fraction of sp³-hybridized carbons (Fsp3) is 0.333. The molecule has 0 bridgehead atoms. The first-order valence-electron chi connectivity index (χ1n) is 5.34. The smallest absolute Gasteiger partial charge is 0.326 e. The fourth-order valence-corrected chi connectivity index (χ4v) is 1.61. The van der Waals surface area contributed by atoms with E-state index in [9.17, 15) is 18.4 Å². The first kappa shape index (κ1) is 14.1. The van der Waals surface area contributed by atoms with Crippen molar-refractivity contribution in [2.45, 2.75) is 19.4 Å². The molecular formula is C12H13F2NO3. The molecule has 1 aromatic carbocycles. The first-order chi connectivity index (χ1) is 8.40. The highest BCUT2D eigenvalue weighted by Gasteiger charge is 2.27. The number of rotatable bonds is 4. The molecule has 0 heterocycles. The van der Waals surface area contributed by atoms with Crippen LogP contribution in [0.15, 0.2) is 18.2 Å². The Labute approximate surface area is 103 Å². The second kappa shape index (κ2) is 5.57. The van der Waals surface area contributed by atoms with Gasteiger partial charge in [-0.3, -0.25) is 4.79 Å². The summed E-state index contributed by atoms with van der Waals surface area (Å²) < 4.78 is 26.4. The van der Waals surface area contributed by atoms with Gasteiger partial charge in [-0.15, -0.1) is 0 Å². The molecule has 0 aliphatic rings. The average Bonchev–Trinajstić information content (AvgIpc) is 2.32. The number of amides is 1. The van der Waals surface area contributed by atoms with E-state index in [4.69, 9.17) is 5.11 Å². The van der Waals surface area contributed by atoms with E-state index in [1.165, 1.54) is 13.1 Å². The maximum Gasteiger partial charge on any atom is 0.326 e. The number of hydrogen-bond donors (Lipinski definition) is 1. The molecule has 18 heavy (non-hydrogen) atoms. The van der Waals surface area contributed by atoms with E-state index in [2.05, 4.69) is 0 Å². The van der Waals surface area contributed by atoms with Crippen molar-refractivity contribution < 1.29 is 23.5 Å². The number of aliphatic carboxylic acids is 1. The van der Waals surface area contributed by atoms with Gasteiger partial charge in [-0.05, 0) is 18.6 Å². The number of benzene rings is 1. The lowest BCUT2D eigenvalue weighted by molar-refractivity contribution is -0.142. The molecule has 0 saturated carbocycles. The van der Waals surface area contributed by atoms with E-state index in [0.717, 1.165) is 17.0 Å². The Balaban J connectivity index is 3.07. The molecule has 1 rings (SSSR count). The maximum absolute atomic E-state index is 13.4. The van der Waals surface area contributed by atoms with Crippen molar-refractivity contribution in [2.75, 3.05) is 7.05 Å².